The van der Waals surface area contributed by atoms with Crippen LogP contribution in [0.4, 0.5) is 0 Å². The molecule has 0 amide bonds. The lowest BCUT2D eigenvalue weighted by Crippen LogP contribution is -2.23. The van der Waals surface area contributed by atoms with Gasteiger partial charge in [-0.3, -0.25) is 14.2 Å². The Morgan fingerprint density at radius 3 is 2.39 bits per heavy atom. The molecule has 4 aromatic rings. The van der Waals surface area contributed by atoms with Gasteiger partial charge < -0.3 is 10.2 Å². The van der Waals surface area contributed by atoms with Crippen molar-refractivity contribution in [2.45, 2.75) is 19.0 Å². The van der Waals surface area contributed by atoms with Crippen molar-refractivity contribution in [2.75, 3.05) is 5.75 Å². The maximum Gasteiger partial charge on any atom is 0.266 e. The zero-order chi connectivity index (χ0) is 22.1. The number of carbonyl (C=O) groups excluding carboxylic acids is 1. The minimum absolute atomic E-state index is 0.0138. The molecular weight excluding hydrogens is 412 g/mol. The highest BCUT2D eigenvalue weighted by Crippen LogP contribution is 2.28. The number of benzene rings is 3. The third-order valence-corrected chi connectivity index (χ3v) is 5.98. The van der Waals surface area contributed by atoms with Crippen LogP contribution in [0.1, 0.15) is 21.5 Å². The summed E-state index contributed by atoms with van der Waals surface area (Å²) in [7, 11) is 0. The fourth-order valence-corrected chi connectivity index (χ4v) is 4.37. The molecule has 0 aliphatic rings. The Bertz CT molecular complexity index is 1360. The van der Waals surface area contributed by atoms with Gasteiger partial charge in [-0.1, -0.05) is 42.1 Å². The van der Waals surface area contributed by atoms with E-state index in [1.54, 1.807) is 22.8 Å². The Kier molecular flexibility index (Phi) is 5.52. The van der Waals surface area contributed by atoms with Crippen LogP contribution in [0.25, 0.3) is 16.6 Å². The van der Waals surface area contributed by atoms with E-state index in [1.165, 1.54) is 18.2 Å². The summed E-state index contributed by atoms with van der Waals surface area (Å²) < 4.78 is 1.57. The third-order valence-electron chi connectivity index (χ3n) is 5.04. The van der Waals surface area contributed by atoms with Gasteiger partial charge in [-0.25, -0.2) is 4.98 Å². The highest BCUT2D eigenvalue weighted by Gasteiger charge is 2.18. The van der Waals surface area contributed by atoms with Crippen LogP contribution in [0.15, 0.2) is 70.6 Å². The number of fused-ring (bicyclic) bond motifs is 1. The van der Waals surface area contributed by atoms with E-state index < -0.39 is 0 Å². The Balaban J connectivity index is 1.80. The smallest absolute Gasteiger partial charge is 0.266 e. The summed E-state index contributed by atoms with van der Waals surface area (Å²) in [5.74, 6) is -0.882. The Hall–Kier alpha value is -3.58. The van der Waals surface area contributed by atoms with Gasteiger partial charge in [0.15, 0.2) is 22.4 Å². The number of rotatable bonds is 5. The Morgan fingerprint density at radius 1 is 0.968 bits per heavy atom. The summed E-state index contributed by atoms with van der Waals surface area (Å²) in [5, 5.41) is 20.1. The van der Waals surface area contributed by atoms with Gasteiger partial charge in [-0.05, 0) is 55.3 Å². The second-order valence-electron chi connectivity index (χ2n) is 7.21. The van der Waals surface area contributed by atoms with E-state index in [0.717, 1.165) is 28.6 Å². The number of thioether (sulfide) groups is 1. The number of aromatic hydroxyl groups is 2. The predicted molar refractivity (Wildman–Crippen MR) is 122 cm³/mol. The van der Waals surface area contributed by atoms with Crippen molar-refractivity contribution in [3.8, 4) is 17.2 Å². The molecule has 0 bridgehead atoms. The lowest BCUT2D eigenvalue weighted by atomic mass is 10.1. The molecule has 1 aromatic heterocycles. The van der Waals surface area contributed by atoms with Crippen molar-refractivity contribution in [2.24, 2.45) is 0 Å². The van der Waals surface area contributed by atoms with E-state index in [-0.39, 0.29) is 34.2 Å². The summed E-state index contributed by atoms with van der Waals surface area (Å²) in [5.41, 5.74) is 3.24. The maximum atomic E-state index is 13.4. The minimum atomic E-state index is -0.355. The van der Waals surface area contributed by atoms with Crippen LogP contribution in [0.5, 0.6) is 11.5 Å². The predicted octanol–water partition coefficient (Wildman–Crippen LogP) is 4.39. The second-order valence-corrected chi connectivity index (χ2v) is 8.15. The van der Waals surface area contributed by atoms with Crippen LogP contribution in [0.3, 0.4) is 0 Å². The van der Waals surface area contributed by atoms with E-state index in [4.69, 9.17) is 0 Å². The topological polar surface area (TPSA) is 92.4 Å². The van der Waals surface area contributed by atoms with Crippen molar-refractivity contribution in [1.82, 2.24) is 9.55 Å². The van der Waals surface area contributed by atoms with E-state index in [2.05, 4.69) is 4.98 Å². The molecule has 2 N–H and O–H groups in total. The fourth-order valence-electron chi connectivity index (χ4n) is 3.48. The van der Waals surface area contributed by atoms with E-state index in [0.29, 0.717) is 16.1 Å². The number of nitrogens with zero attached hydrogens (tertiary/aromatic N) is 2. The number of Topliss-reactive ketones (excluding diaryl/α,β-unsaturated/α-hetero) is 1. The highest BCUT2D eigenvalue weighted by molar-refractivity contribution is 7.99. The van der Waals surface area contributed by atoms with Gasteiger partial charge in [0.25, 0.3) is 5.56 Å². The summed E-state index contributed by atoms with van der Waals surface area (Å²) in [6.45, 7) is 3.87. The third kappa shape index (κ3) is 3.92. The van der Waals surface area contributed by atoms with Gasteiger partial charge in [-0.2, -0.15) is 0 Å². The van der Waals surface area contributed by atoms with Gasteiger partial charge >= 0.3 is 0 Å². The molecule has 0 saturated carbocycles. The van der Waals surface area contributed by atoms with E-state index >= 15 is 0 Å². The van der Waals surface area contributed by atoms with Crippen LogP contribution in [0.2, 0.25) is 0 Å². The number of phenols is 2. The van der Waals surface area contributed by atoms with E-state index in [9.17, 15) is 19.8 Å². The second kappa shape index (κ2) is 8.28. The van der Waals surface area contributed by atoms with Crippen LogP contribution in [0, 0.1) is 13.8 Å². The Morgan fingerprint density at radius 2 is 1.68 bits per heavy atom. The molecule has 0 unspecified atom stereocenters. The van der Waals surface area contributed by atoms with Crippen molar-refractivity contribution in [3.63, 3.8) is 0 Å². The normalized spacial score (nSPS) is 11.0. The molecule has 0 aliphatic heterocycles. The summed E-state index contributed by atoms with van der Waals surface area (Å²) in [4.78, 5) is 30.8. The first kappa shape index (κ1) is 20.7. The van der Waals surface area contributed by atoms with E-state index in [1.807, 2.05) is 38.1 Å². The van der Waals surface area contributed by atoms with Gasteiger partial charge in [0.05, 0.1) is 22.3 Å². The molecular formula is C24H20N2O4S. The number of hydrogen-bond acceptors (Lipinski definition) is 6. The summed E-state index contributed by atoms with van der Waals surface area (Å²) >= 11 is 1.16. The molecule has 6 nitrogen and oxygen atoms in total. The average Bonchev–Trinajstić information content (AvgIpc) is 2.75. The standard InChI is InChI=1S/C24H20N2O4S/c1-14-6-5-7-15(2)22(14)26-23(30)17-8-3-4-9-18(17)25-24(26)31-13-21(29)16-10-11-19(27)20(28)12-16/h3-12,27-28H,13H2,1-2H3. The molecule has 156 valence electrons. The monoisotopic (exact) mass is 432 g/mol. The number of phenolic OH excluding ortho intramolecular Hbond substituents is 2. The number of hydrogen-bond donors (Lipinski definition) is 2. The zero-order valence-corrected chi connectivity index (χ0v) is 17.8. The fraction of sp³-hybridized carbons (Fsp3) is 0.125. The SMILES string of the molecule is Cc1cccc(C)c1-n1c(SCC(=O)c2ccc(O)c(O)c2)nc2ccccc2c1=O. The van der Waals surface area contributed by atoms with Gasteiger partial charge in [0, 0.05) is 5.56 Å². The van der Waals surface area contributed by atoms with Gasteiger partial charge in [0.2, 0.25) is 0 Å². The van der Waals surface area contributed by atoms with Crippen LogP contribution >= 0.6 is 11.8 Å². The number of aromatic nitrogens is 2. The van der Waals surface area contributed by atoms with Gasteiger partial charge in [0.1, 0.15) is 0 Å². The first-order chi connectivity index (χ1) is 14.9. The molecule has 7 heteroatoms. The van der Waals surface area contributed by atoms with Gasteiger partial charge in [-0.15, -0.1) is 0 Å². The van der Waals surface area contributed by atoms with Crippen LogP contribution in [-0.2, 0) is 0 Å². The first-order valence-corrected chi connectivity index (χ1v) is 10.6. The maximum absolute atomic E-state index is 13.4. The molecule has 31 heavy (non-hydrogen) atoms. The molecule has 0 spiro atoms. The van der Waals surface area contributed by atoms with Crippen molar-refractivity contribution in [1.29, 1.82) is 0 Å². The van der Waals surface area contributed by atoms with Crippen molar-refractivity contribution < 1.29 is 15.0 Å². The van der Waals surface area contributed by atoms with Crippen molar-refractivity contribution in [3.05, 3.63) is 87.7 Å². The summed E-state index contributed by atoms with van der Waals surface area (Å²) in [6.07, 6.45) is 0. The number of aryl methyl sites for hydroxylation is 2. The van der Waals surface area contributed by atoms with Crippen LogP contribution < -0.4 is 5.56 Å². The lowest BCUT2D eigenvalue weighted by Gasteiger charge is -2.17. The molecule has 0 aliphatic carbocycles. The van der Waals surface area contributed by atoms with Crippen molar-refractivity contribution >= 4 is 28.4 Å². The Labute approximate surface area is 182 Å². The average molecular weight is 433 g/mol. The number of para-hydroxylation sites is 2. The molecule has 0 atom stereocenters. The number of ketones is 1. The first-order valence-electron chi connectivity index (χ1n) is 9.63. The molecule has 0 radical (unpaired) electrons. The molecule has 0 saturated heterocycles. The quantitative estimate of drug-likeness (QED) is 0.210. The minimum Gasteiger partial charge on any atom is -0.504 e. The highest BCUT2D eigenvalue weighted by atomic mass is 32.2. The summed E-state index contributed by atoms with van der Waals surface area (Å²) in [6, 6.07) is 16.9. The van der Waals surface area contributed by atoms with Crippen LogP contribution in [-0.4, -0.2) is 31.3 Å². The molecule has 4 rings (SSSR count). The molecule has 3 aromatic carbocycles. The number of carbonyl (C=O) groups is 1. The largest absolute Gasteiger partial charge is 0.504 e. The molecule has 0 fully saturated rings. The zero-order valence-electron chi connectivity index (χ0n) is 17.0. The molecule has 1 heterocycles. The lowest BCUT2D eigenvalue weighted by molar-refractivity contribution is 0.102.